The summed E-state index contributed by atoms with van der Waals surface area (Å²) in [7, 11) is 1.33. The second-order valence-electron chi connectivity index (χ2n) is 2.75. The van der Waals surface area contributed by atoms with E-state index < -0.39 is 5.97 Å². The lowest BCUT2D eigenvalue weighted by Gasteiger charge is -1.98. The molecule has 5 heteroatoms. The third kappa shape index (κ3) is 1.50. The van der Waals surface area contributed by atoms with Crippen LogP contribution in [0.1, 0.15) is 10.5 Å². The fourth-order valence-electron chi connectivity index (χ4n) is 1.19. The number of aromatic nitrogens is 2. The number of carbonyl (C=O) groups is 1. The third-order valence-electron chi connectivity index (χ3n) is 1.84. The summed E-state index contributed by atoms with van der Waals surface area (Å²) in [6.07, 6.45) is 5.10. The molecule has 0 atom stereocenters. The summed E-state index contributed by atoms with van der Waals surface area (Å²) in [5.74, 6) is -0.434. The number of rotatable bonds is 1. The van der Waals surface area contributed by atoms with E-state index in [9.17, 15) is 4.79 Å². The van der Waals surface area contributed by atoms with Gasteiger partial charge in [0.15, 0.2) is 5.69 Å². The maximum absolute atomic E-state index is 11.2. The van der Waals surface area contributed by atoms with Crippen molar-refractivity contribution >= 4 is 27.4 Å². The van der Waals surface area contributed by atoms with Crippen LogP contribution in [0.2, 0.25) is 0 Å². The highest BCUT2D eigenvalue weighted by molar-refractivity contribution is 9.10. The summed E-state index contributed by atoms with van der Waals surface area (Å²) in [6, 6.07) is 1.91. The van der Waals surface area contributed by atoms with Crippen LogP contribution in [-0.2, 0) is 4.74 Å². The van der Waals surface area contributed by atoms with E-state index in [2.05, 4.69) is 25.7 Å². The summed E-state index contributed by atoms with van der Waals surface area (Å²) in [6.45, 7) is 0. The first-order chi connectivity index (χ1) is 6.70. The maximum Gasteiger partial charge on any atom is 0.358 e. The molecular weight excluding hydrogens is 248 g/mol. The molecule has 0 saturated heterocycles. The highest BCUT2D eigenvalue weighted by Gasteiger charge is 2.07. The average Bonchev–Trinajstić information content (AvgIpc) is 2.55. The molecule has 0 aromatic carbocycles. The molecule has 2 rings (SSSR count). The van der Waals surface area contributed by atoms with E-state index in [1.54, 1.807) is 12.4 Å². The maximum atomic E-state index is 11.2. The van der Waals surface area contributed by atoms with Gasteiger partial charge in [0.25, 0.3) is 0 Å². The van der Waals surface area contributed by atoms with Crippen molar-refractivity contribution < 1.29 is 9.53 Å². The van der Waals surface area contributed by atoms with E-state index in [-0.39, 0.29) is 0 Å². The van der Waals surface area contributed by atoms with Crippen LogP contribution in [0.25, 0.3) is 5.52 Å². The van der Waals surface area contributed by atoms with Gasteiger partial charge < -0.3 is 9.14 Å². The molecule has 0 amide bonds. The predicted molar refractivity (Wildman–Crippen MR) is 54.2 cm³/mol. The van der Waals surface area contributed by atoms with Crippen molar-refractivity contribution in [2.24, 2.45) is 0 Å². The van der Waals surface area contributed by atoms with Gasteiger partial charge in [-0.1, -0.05) is 0 Å². The van der Waals surface area contributed by atoms with E-state index in [1.807, 2.05) is 16.7 Å². The van der Waals surface area contributed by atoms with Gasteiger partial charge in [-0.3, -0.25) is 0 Å². The largest absolute Gasteiger partial charge is 0.464 e. The lowest BCUT2D eigenvalue weighted by molar-refractivity contribution is 0.0593. The summed E-state index contributed by atoms with van der Waals surface area (Å²) >= 11 is 3.34. The number of esters is 1. The van der Waals surface area contributed by atoms with E-state index in [0.29, 0.717) is 5.69 Å². The zero-order valence-electron chi connectivity index (χ0n) is 7.40. The molecule has 0 fully saturated rings. The molecule has 0 spiro atoms. The number of carbonyl (C=O) groups excluding carboxylic acids is 1. The Hall–Kier alpha value is -1.36. The van der Waals surface area contributed by atoms with Crippen LogP contribution < -0.4 is 0 Å². The van der Waals surface area contributed by atoms with Crippen molar-refractivity contribution in [1.82, 2.24) is 9.38 Å². The van der Waals surface area contributed by atoms with Crippen LogP contribution in [0.3, 0.4) is 0 Å². The Kier molecular flexibility index (Phi) is 2.25. The van der Waals surface area contributed by atoms with Gasteiger partial charge in [-0.25, -0.2) is 9.78 Å². The van der Waals surface area contributed by atoms with Crippen molar-refractivity contribution in [1.29, 1.82) is 0 Å². The van der Waals surface area contributed by atoms with Gasteiger partial charge in [-0.15, -0.1) is 0 Å². The second-order valence-corrected chi connectivity index (χ2v) is 3.67. The Labute approximate surface area is 88.6 Å². The molecule has 0 aliphatic carbocycles. The van der Waals surface area contributed by atoms with Crippen LogP contribution in [0.5, 0.6) is 0 Å². The Bertz CT molecular complexity index is 493. The molecule has 0 radical (unpaired) electrons. The van der Waals surface area contributed by atoms with Crippen LogP contribution >= 0.6 is 15.9 Å². The molecule has 72 valence electrons. The number of hydrogen-bond donors (Lipinski definition) is 0. The van der Waals surface area contributed by atoms with Crippen molar-refractivity contribution in [3.8, 4) is 0 Å². The van der Waals surface area contributed by atoms with Gasteiger partial charge in [0.1, 0.15) is 0 Å². The Morgan fingerprint density at radius 3 is 3.07 bits per heavy atom. The molecule has 0 aliphatic rings. The molecule has 2 aromatic heterocycles. The standard InChI is InChI=1S/C9H7BrN2O2/c1-14-9(13)8-5-12-4-6(10)2-7(12)3-11-8/h2-5H,1H3. The highest BCUT2D eigenvalue weighted by atomic mass is 79.9. The minimum absolute atomic E-state index is 0.295. The average molecular weight is 255 g/mol. The van der Waals surface area contributed by atoms with Gasteiger partial charge >= 0.3 is 5.97 Å². The number of halogens is 1. The van der Waals surface area contributed by atoms with Gasteiger partial charge in [0, 0.05) is 16.9 Å². The number of hydrogen-bond acceptors (Lipinski definition) is 3. The van der Waals surface area contributed by atoms with Crippen molar-refractivity contribution in [2.75, 3.05) is 7.11 Å². The predicted octanol–water partition coefficient (Wildman–Crippen LogP) is 1.88. The molecule has 2 heterocycles. The lowest BCUT2D eigenvalue weighted by Crippen LogP contribution is -2.05. The number of nitrogens with zero attached hydrogens (tertiary/aromatic N) is 2. The minimum atomic E-state index is -0.434. The van der Waals surface area contributed by atoms with Crippen LogP contribution in [0.15, 0.2) is 29.1 Å². The van der Waals surface area contributed by atoms with Crippen molar-refractivity contribution in [3.05, 3.63) is 34.8 Å². The summed E-state index contributed by atoms with van der Waals surface area (Å²) in [5, 5.41) is 0. The van der Waals surface area contributed by atoms with E-state index in [1.165, 1.54) is 7.11 Å². The second kappa shape index (κ2) is 3.42. The minimum Gasteiger partial charge on any atom is -0.464 e. The highest BCUT2D eigenvalue weighted by Crippen LogP contribution is 2.15. The van der Waals surface area contributed by atoms with Crippen molar-refractivity contribution in [3.63, 3.8) is 0 Å². The summed E-state index contributed by atoms with van der Waals surface area (Å²) in [5.41, 5.74) is 1.22. The first-order valence-electron chi connectivity index (χ1n) is 3.92. The SMILES string of the molecule is COC(=O)c1cn2cc(Br)cc2cn1. The quantitative estimate of drug-likeness (QED) is 0.731. The monoisotopic (exact) mass is 254 g/mol. The summed E-state index contributed by atoms with van der Waals surface area (Å²) < 4.78 is 7.32. The Morgan fingerprint density at radius 2 is 2.36 bits per heavy atom. The van der Waals surface area contributed by atoms with Crippen LogP contribution in [0, 0.1) is 0 Å². The number of methoxy groups -OCH3 is 1. The topological polar surface area (TPSA) is 43.6 Å². The summed E-state index contributed by atoms with van der Waals surface area (Å²) in [4.78, 5) is 15.1. The normalized spacial score (nSPS) is 10.4. The molecule has 4 nitrogen and oxygen atoms in total. The van der Waals surface area contributed by atoms with E-state index in [4.69, 9.17) is 0 Å². The number of fused-ring (bicyclic) bond motifs is 1. The van der Waals surface area contributed by atoms with E-state index in [0.717, 1.165) is 9.99 Å². The van der Waals surface area contributed by atoms with Crippen molar-refractivity contribution in [2.45, 2.75) is 0 Å². The molecule has 0 aliphatic heterocycles. The molecule has 0 saturated carbocycles. The van der Waals surface area contributed by atoms with Gasteiger partial charge in [-0.05, 0) is 22.0 Å². The fourth-order valence-corrected chi connectivity index (χ4v) is 1.64. The molecule has 0 N–H and O–H groups in total. The molecular formula is C9H7BrN2O2. The van der Waals surface area contributed by atoms with Crippen LogP contribution in [-0.4, -0.2) is 22.5 Å². The first kappa shape index (κ1) is 9.21. The van der Waals surface area contributed by atoms with Gasteiger partial charge in [-0.2, -0.15) is 0 Å². The number of ether oxygens (including phenoxy) is 1. The Balaban J connectivity index is 2.55. The molecule has 0 unspecified atom stereocenters. The third-order valence-corrected chi connectivity index (χ3v) is 2.27. The van der Waals surface area contributed by atoms with Gasteiger partial charge in [0.05, 0.1) is 18.8 Å². The molecule has 2 aromatic rings. The lowest BCUT2D eigenvalue weighted by atomic mass is 10.4. The first-order valence-corrected chi connectivity index (χ1v) is 4.71. The smallest absolute Gasteiger partial charge is 0.358 e. The zero-order valence-corrected chi connectivity index (χ0v) is 8.98. The Morgan fingerprint density at radius 1 is 1.57 bits per heavy atom. The zero-order chi connectivity index (χ0) is 10.1. The van der Waals surface area contributed by atoms with E-state index >= 15 is 0 Å². The van der Waals surface area contributed by atoms with Crippen LogP contribution in [0.4, 0.5) is 0 Å². The fraction of sp³-hybridized carbons (Fsp3) is 0.111. The molecule has 0 bridgehead atoms. The van der Waals surface area contributed by atoms with Gasteiger partial charge in [0.2, 0.25) is 0 Å². The molecule has 14 heavy (non-hydrogen) atoms.